The molecule has 4 aromatic rings. The molecule has 4 rings (SSSR count). The number of aliphatic hydroxyl groups is 1. The second kappa shape index (κ2) is 6.70. The molecule has 2 N–H and O–H groups in total. The fourth-order valence-corrected chi connectivity index (χ4v) is 2.65. The normalized spacial score (nSPS) is 11.1. The zero-order valence-corrected chi connectivity index (χ0v) is 13.4. The molecule has 1 aromatic carbocycles. The van der Waals surface area contributed by atoms with Crippen LogP contribution in [0.15, 0.2) is 55.1 Å². The lowest BCUT2D eigenvalue weighted by atomic mass is 10.3. The average Bonchev–Trinajstić information content (AvgIpc) is 3.29. The highest BCUT2D eigenvalue weighted by Crippen LogP contribution is 2.19. The van der Waals surface area contributed by atoms with Crippen LogP contribution in [-0.2, 0) is 13.1 Å². The zero-order valence-electron chi connectivity index (χ0n) is 13.4. The quantitative estimate of drug-likeness (QED) is 0.556. The van der Waals surface area contributed by atoms with Gasteiger partial charge in [0.05, 0.1) is 42.7 Å². The van der Waals surface area contributed by atoms with Gasteiger partial charge in [-0.2, -0.15) is 10.2 Å². The summed E-state index contributed by atoms with van der Waals surface area (Å²) in [6, 6.07) is 11.9. The fraction of sp³-hybridized carbons (Fsp3) is 0.176. The van der Waals surface area contributed by atoms with E-state index < -0.39 is 0 Å². The highest BCUT2D eigenvalue weighted by Gasteiger charge is 2.10. The van der Waals surface area contributed by atoms with Gasteiger partial charge >= 0.3 is 0 Å². The van der Waals surface area contributed by atoms with Gasteiger partial charge < -0.3 is 10.4 Å². The van der Waals surface area contributed by atoms with Gasteiger partial charge in [-0.25, -0.2) is 19.3 Å². The van der Waals surface area contributed by atoms with E-state index in [0.29, 0.717) is 24.6 Å². The second-order valence-electron chi connectivity index (χ2n) is 5.49. The number of benzene rings is 1. The summed E-state index contributed by atoms with van der Waals surface area (Å²) in [7, 11) is 0. The van der Waals surface area contributed by atoms with Crippen molar-refractivity contribution >= 4 is 16.9 Å². The number of hydrogen-bond donors (Lipinski definition) is 2. The molecule has 0 bridgehead atoms. The first-order valence-corrected chi connectivity index (χ1v) is 7.96. The molecule has 0 amide bonds. The minimum Gasteiger partial charge on any atom is -0.394 e. The maximum Gasteiger partial charge on any atom is 0.163 e. The Kier molecular flexibility index (Phi) is 4.09. The Morgan fingerprint density at radius 1 is 1.08 bits per heavy atom. The van der Waals surface area contributed by atoms with Crippen molar-refractivity contribution < 1.29 is 5.11 Å². The highest BCUT2D eigenvalue weighted by atomic mass is 16.3. The molecule has 0 aliphatic carbocycles. The third-order valence-corrected chi connectivity index (χ3v) is 3.85. The molecule has 0 saturated carbocycles. The summed E-state index contributed by atoms with van der Waals surface area (Å²) in [4.78, 5) is 8.53. The van der Waals surface area contributed by atoms with E-state index in [1.807, 2.05) is 47.3 Å². The van der Waals surface area contributed by atoms with Gasteiger partial charge in [-0.05, 0) is 18.2 Å². The number of aliphatic hydroxyl groups excluding tert-OH is 1. The molecular formula is C17H17N7O. The van der Waals surface area contributed by atoms with Gasteiger partial charge in [0, 0.05) is 6.20 Å². The van der Waals surface area contributed by atoms with E-state index in [4.69, 9.17) is 5.11 Å². The van der Waals surface area contributed by atoms with Crippen molar-refractivity contribution in [3.05, 3.63) is 60.8 Å². The molecule has 0 fully saturated rings. The Morgan fingerprint density at radius 2 is 1.96 bits per heavy atom. The molecule has 0 unspecified atom stereocenters. The molecule has 0 radical (unpaired) electrons. The van der Waals surface area contributed by atoms with E-state index in [-0.39, 0.29) is 6.61 Å². The van der Waals surface area contributed by atoms with Crippen LogP contribution in [0.4, 0.5) is 5.82 Å². The average molecular weight is 335 g/mol. The zero-order chi connectivity index (χ0) is 17.1. The number of fused-ring (bicyclic) bond motifs is 1. The number of para-hydroxylation sites is 1. The van der Waals surface area contributed by atoms with Crippen molar-refractivity contribution in [3.8, 4) is 5.69 Å². The Morgan fingerprint density at radius 3 is 2.80 bits per heavy atom. The lowest BCUT2D eigenvalue weighted by Crippen LogP contribution is -2.06. The Labute approximate surface area is 143 Å². The first-order valence-electron chi connectivity index (χ1n) is 7.96. The van der Waals surface area contributed by atoms with Crippen LogP contribution in [0.1, 0.15) is 5.69 Å². The van der Waals surface area contributed by atoms with Gasteiger partial charge in [0.1, 0.15) is 12.1 Å². The largest absolute Gasteiger partial charge is 0.394 e. The molecule has 8 nitrogen and oxygen atoms in total. The minimum absolute atomic E-state index is 0.0144. The van der Waals surface area contributed by atoms with Crippen molar-refractivity contribution in [1.29, 1.82) is 0 Å². The van der Waals surface area contributed by atoms with Crippen LogP contribution >= 0.6 is 0 Å². The molecular weight excluding hydrogens is 318 g/mol. The topological polar surface area (TPSA) is 93.7 Å². The molecule has 25 heavy (non-hydrogen) atoms. The molecule has 126 valence electrons. The molecule has 0 aliphatic heterocycles. The van der Waals surface area contributed by atoms with Crippen molar-refractivity contribution in [2.45, 2.75) is 13.1 Å². The number of anilines is 1. The van der Waals surface area contributed by atoms with Crippen molar-refractivity contribution in [2.75, 3.05) is 11.9 Å². The van der Waals surface area contributed by atoms with Gasteiger partial charge in [0.2, 0.25) is 0 Å². The molecule has 8 heteroatoms. The molecule has 3 heterocycles. The van der Waals surface area contributed by atoms with Crippen molar-refractivity contribution in [2.24, 2.45) is 0 Å². The van der Waals surface area contributed by atoms with Crippen LogP contribution in [0, 0.1) is 0 Å². The third-order valence-electron chi connectivity index (χ3n) is 3.85. The number of nitrogens with one attached hydrogen (secondary N) is 1. The lowest BCUT2D eigenvalue weighted by Gasteiger charge is -2.05. The predicted octanol–water partition coefficient (Wildman–Crippen LogP) is 1.62. The van der Waals surface area contributed by atoms with Crippen LogP contribution in [-0.4, -0.2) is 41.2 Å². The number of hydrogen-bond acceptors (Lipinski definition) is 6. The van der Waals surface area contributed by atoms with E-state index >= 15 is 0 Å². The lowest BCUT2D eigenvalue weighted by molar-refractivity contribution is 0.271. The Balaban J connectivity index is 1.52. The molecule has 0 atom stereocenters. The molecule has 0 aliphatic rings. The number of aromatic nitrogens is 6. The van der Waals surface area contributed by atoms with Gasteiger partial charge in [-0.15, -0.1) is 0 Å². The van der Waals surface area contributed by atoms with Crippen LogP contribution in [0.3, 0.4) is 0 Å². The SMILES string of the molecule is OCCn1ncc2c(NCc3ccn(-c4ccccc4)n3)ncnc21. The number of nitrogens with zero attached hydrogens (tertiary/aromatic N) is 6. The van der Waals surface area contributed by atoms with Gasteiger partial charge in [0.25, 0.3) is 0 Å². The van der Waals surface area contributed by atoms with Gasteiger partial charge in [-0.1, -0.05) is 18.2 Å². The van der Waals surface area contributed by atoms with E-state index in [9.17, 15) is 0 Å². The summed E-state index contributed by atoms with van der Waals surface area (Å²) in [5.74, 6) is 0.698. The van der Waals surface area contributed by atoms with Crippen molar-refractivity contribution in [3.63, 3.8) is 0 Å². The minimum atomic E-state index is 0.0144. The van der Waals surface area contributed by atoms with Crippen LogP contribution in [0.5, 0.6) is 0 Å². The van der Waals surface area contributed by atoms with Gasteiger partial charge in [-0.3, -0.25) is 0 Å². The van der Waals surface area contributed by atoms with Crippen molar-refractivity contribution in [1.82, 2.24) is 29.5 Å². The van der Waals surface area contributed by atoms with Crippen LogP contribution in [0.2, 0.25) is 0 Å². The third kappa shape index (κ3) is 3.07. The van der Waals surface area contributed by atoms with E-state index in [0.717, 1.165) is 16.8 Å². The Bertz CT molecular complexity index is 977. The summed E-state index contributed by atoms with van der Waals surface area (Å²) in [6.07, 6.45) is 5.12. The molecule has 3 aromatic heterocycles. The number of rotatable bonds is 6. The monoisotopic (exact) mass is 335 g/mol. The van der Waals surface area contributed by atoms with Crippen LogP contribution in [0.25, 0.3) is 16.7 Å². The summed E-state index contributed by atoms with van der Waals surface area (Å²) < 4.78 is 3.50. The van der Waals surface area contributed by atoms with Crippen LogP contribution < -0.4 is 5.32 Å². The maximum atomic E-state index is 9.08. The summed E-state index contributed by atoms with van der Waals surface area (Å²) in [5.41, 5.74) is 2.61. The second-order valence-corrected chi connectivity index (χ2v) is 5.49. The molecule has 0 saturated heterocycles. The first-order chi connectivity index (χ1) is 12.3. The maximum absolute atomic E-state index is 9.08. The standard InChI is InChI=1S/C17H17N7O/c25-9-8-24-17-15(11-21-24)16(19-12-20-17)18-10-13-6-7-23(22-13)14-4-2-1-3-5-14/h1-7,11-12,25H,8-10H2,(H,18,19,20). The summed E-state index contributed by atoms with van der Waals surface area (Å²) in [6.45, 7) is 0.957. The fourth-order valence-electron chi connectivity index (χ4n) is 2.65. The molecule has 0 spiro atoms. The summed E-state index contributed by atoms with van der Waals surface area (Å²) in [5, 5.41) is 22.0. The smallest absolute Gasteiger partial charge is 0.163 e. The van der Waals surface area contributed by atoms with Gasteiger partial charge in [0.15, 0.2) is 5.65 Å². The van der Waals surface area contributed by atoms with E-state index in [1.165, 1.54) is 6.33 Å². The highest BCUT2D eigenvalue weighted by molar-refractivity contribution is 5.85. The predicted molar refractivity (Wildman–Crippen MR) is 93.3 cm³/mol. The summed E-state index contributed by atoms with van der Waals surface area (Å²) >= 11 is 0. The first kappa shape index (κ1) is 15.3. The Hall–Kier alpha value is -3.26. The van der Waals surface area contributed by atoms with E-state index in [1.54, 1.807) is 10.9 Å². The van der Waals surface area contributed by atoms with E-state index in [2.05, 4.69) is 25.5 Å².